The normalized spacial score (nSPS) is 9.89. The van der Waals surface area contributed by atoms with Crippen LogP contribution >= 0.6 is 11.3 Å². The summed E-state index contributed by atoms with van der Waals surface area (Å²) in [4.78, 5) is 20.9. The molecule has 2 rings (SSSR count). The molecule has 2 aromatic heterocycles. The summed E-state index contributed by atoms with van der Waals surface area (Å²) >= 11 is 1.52. The first-order chi connectivity index (χ1) is 9.22. The third-order valence-corrected chi connectivity index (χ3v) is 3.49. The molecule has 0 aliphatic heterocycles. The Hall–Kier alpha value is -2.26. The quantitative estimate of drug-likeness (QED) is 0.799. The molecule has 0 saturated heterocycles. The number of carbonyl (C=O) groups excluding carboxylic acids is 1. The SMILES string of the molecule is CCc1cnc(COC(=O)c2ccc(C#N)cn2)s1. The zero-order chi connectivity index (χ0) is 13.7. The van der Waals surface area contributed by atoms with Crippen molar-refractivity contribution >= 4 is 17.3 Å². The van der Waals surface area contributed by atoms with E-state index in [4.69, 9.17) is 10.00 Å². The van der Waals surface area contributed by atoms with E-state index in [-0.39, 0.29) is 12.3 Å². The van der Waals surface area contributed by atoms with Crippen LogP contribution in [0, 0.1) is 11.3 Å². The Labute approximate surface area is 114 Å². The van der Waals surface area contributed by atoms with Crippen molar-refractivity contribution in [3.8, 4) is 6.07 Å². The van der Waals surface area contributed by atoms with E-state index in [1.165, 1.54) is 29.7 Å². The van der Waals surface area contributed by atoms with Crippen molar-refractivity contribution in [2.24, 2.45) is 0 Å². The smallest absolute Gasteiger partial charge is 0.357 e. The van der Waals surface area contributed by atoms with Crippen LogP contribution in [0.5, 0.6) is 0 Å². The zero-order valence-corrected chi connectivity index (χ0v) is 11.1. The van der Waals surface area contributed by atoms with Gasteiger partial charge in [0, 0.05) is 17.3 Å². The summed E-state index contributed by atoms with van der Waals surface area (Å²) in [6.45, 7) is 2.19. The predicted molar refractivity (Wildman–Crippen MR) is 69.6 cm³/mol. The number of nitriles is 1. The molecule has 0 aliphatic rings. The standard InChI is InChI=1S/C13H11N3O2S/c1-2-10-7-16-12(19-10)8-18-13(17)11-4-3-9(5-14)6-15-11/h3-4,6-7H,2,8H2,1H3. The van der Waals surface area contributed by atoms with Gasteiger partial charge in [0.25, 0.3) is 0 Å². The highest BCUT2D eigenvalue weighted by Gasteiger charge is 2.10. The van der Waals surface area contributed by atoms with Crippen LogP contribution < -0.4 is 0 Å². The van der Waals surface area contributed by atoms with E-state index in [2.05, 4.69) is 9.97 Å². The van der Waals surface area contributed by atoms with Gasteiger partial charge in [-0.25, -0.2) is 14.8 Å². The molecule has 0 unspecified atom stereocenters. The molecule has 2 aromatic rings. The van der Waals surface area contributed by atoms with Gasteiger partial charge in [0.2, 0.25) is 0 Å². The van der Waals surface area contributed by atoms with Crippen LogP contribution in [-0.4, -0.2) is 15.9 Å². The zero-order valence-electron chi connectivity index (χ0n) is 10.3. The number of nitrogens with zero attached hydrogens (tertiary/aromatic N) is 3. The third kappa shape index (κ3) is 3.36. The maximum atomic E-state index is 11.7. The minimum atomic E-state index is -0.516. The average molecular weight is 273 g/mol. The predicted octanol–water partition coefficient (Wildman–Crippen LogP) is 2.33. The number of aromatic nitrogens is 2. The van der Waals surface area contributed by atoms with Crippen LogP contribution in [-0.2, 0) is 17.8 Å². The number of rotatable bonds is 4. The highest BCUT2D eigenvalue weighted by Crippen LogP contribution is 2.14. The summed E-state index contributed by atoms with van der Waals surface area (Å²) < 4.78 is 5.11. The van der Waals surface area contributed by atoms with Gasteiger partial charge in [-0.15, -0.1) is 11.3 Å². The van der Waals surface area contributed by atoms with Gasteiger partial charge >= 0.3 is 5.97 Å². The Morgan fingerprint density at radius 1 is 1.42 bits per heavy atom. The lowest BCUT2D eigenvalue weighted by atomic mass is 10.3. The van der Waals surface area contributed by atoms with Gasteiger partial charge in [-0.05, 0) is 18.6 Å². The molecule has 0 bridgehead atoms. The molecule has 0 radical (unpaired) electrons. The van der Waals surface area contributed by atoms with E-state index in [0.717, 1.165) is 16.3 Å². The van der Waals surface area contributed by atoms with E-state index in [1.54, 1.807) is 6.20 Å². The minimum absolute atomic E-state index is 0.144. The fourth-order valence-electron chi connectivity index (χ4n) is 1.36. The molecule has 0 saturated carbocycles. The van der Waals surface area contributed by atoms with Crippen molar-refractivity contribution in [3.05, 3.63) is 45.7 Å². The van der Waals surface area contributed by atoms with Crippen molar-refractivity contribution in [3.63, 3.8) is 0 Å². The van der Waals surface area contributed by atoms with Crippen molar-refractivity contribution in [1.82, 2.24) is 9.97 Å². The van der Waals surface area contributed by atoms with E-state index in [0.29, 0.717) is 5.56 Å². The summed E-state index contributed by atoms with van der Waals surface area (Å²) in [6.07, 6.45) is 4.05. The number of ether oxygens (including phenoxy) is 1. The number of pyridine rings is 1. The van der Waals surface area contributed by atoms with E-state index < -0.39 is 5.97 Å². The van der Waals surface area contributed by atoms with Crippen molar-refractivity contribution in [2.75, 3.05) is 0 Å². The number of hydrogen-bond acceptors (Lipinski definition) is 6. The Balaban J connectivity index is 1.95. The molecule has 0 atom stereocenters. The van der Waals surface area contributed by atoms with Gasteiger partial charge in [-0.2, -0.15) is 5.26 Å². The Morgan fingerprint density at radius 2 is 2.26 bits per heavy atom. The number of esters is 1. The molecule has 6 heteroatoms. The largest absolute Gasteiger partial charge is 0.454 e. The van der Waals surface area contributed by atoms with Gasteiger partial charge in [0.15, 0.2) is 0 Å². The summed E-state index contributed by atoms with van der Waals surface area (Å²) in [5.74, 6) is -0.516. The first-order valence-electron chi connectivity index (χ1n) is 5.69. The molecule has 0 fully saturated rings. The molecule has 96 valence electrons. The molecule has 5 nitrogen and oxygen atoms in total. The Kier molecular flexibility index (Phi) is 4.21. The van der Waals surface area contributed by atoms with Crippen LogP contribution in [0.15, 0.2) is 24.5 Å². The number of aryl methyl sites for hydroxylation is 1. The van der Waals surface area contributed by atoms with Gasteiger partial charge in [0.05, 0.1) is 5.56 Å². The van der Waals surface area contributed by atoms with Crippen LogP contribution in [0.25, 0.3) is 0 Å². The number of thiazole rings is 1. The molecule has 2 heterocycles. The summed E-state index contributed by atoms with van der Waals surface area (Å²) in [5, 5.41) is 9.39. The van der Waals surface area contributed by atoms with E-state index in [1.807, 2.05) is 13.0 Å². The fourth-order valence-corrected chi connectivity index (χ4v) is 2.14. The topological polar surface area (TPSA) is 75.9 Å². The maximum Gasteiger partial charge on any atom is 0.357 e. The van der Waals surface area contributed by atoms with Gasteiger partial charge in [0.1, 0.15) is 23.4 Å². The lowest BCUT2D eigenvalue weighted by Crippen LogP contribution is -2.07. The average Bonchev–Trinajstić information content (AvgIpc) is 2.93. The Bertz CT molecular complexity index is 614. The highest BCUT2D eigenvalue weighted by atomic mass is 32.1. The monoisotopic (exact) mass is 273 g/mol. The highest BCUT2D eigenvalue weighted by molar-refractivity contribution is 7.11. The van der Waals surface area contributed by atoms with Crippen molar-refractivity contribution < 1.29 is 9.53 Å². The van der Waals surface area contributed by atoms with E-state index in [9.17, 15) is 4.79 Å². The summed E-state index contributed by atoms with van der Waals surface area (Å²) in [7, 11) is 0. The molecular formula is C13H11N3O2S. The number of carbonyl (C=O) groups is 1. The first-order valence-corrected chi connectivity index (χ1v) is 6.51. The molecule has 0 aromatic carbocycles. The van der Waals surface area contributed by atoms with Gasteiger partial charge in [-0.1, -0.05) is 6.92 Å². The third-order valence-electron chi connectivity index (χ3n) is 2.38. The van der Waals surface area contributed by atoms with Crippen LogP contribution in [0.1, 0.15) is 32.9 Å². The molecular weight excluding hydrogens is 262 g/mol. The van der Waals surface area contributed by atoms with Crippen molar-refractivity contribution in [2.45, 2.75) is 20.0 Å². The number of hydrogen-bond donors (Lipinski definition) is 0. The second kappa shape index (κ2) is 6.07. The first kappa shape index (κ1) is 13.2. The molecule has 0 spiro atoms. The lowest BCUT2D eigenvalue weighted by molar-refractivity contribution is 0.0465. The van der Waals surface area contributed by atoms with Crippen LogP contribution in [0.4, 0.5) is 0 Å². The maximum absolute atomic E-state index is 11.7. The van der Waals surface area contributed by atoms with Crippen LogP contribution in [0.2, 0.25) is 0 Å². The second-order valence-electron chi connectivity index (χ2n) is 3.69. The molecule has 0 aliphatic carbocycles. The summed E-state index contributed by atoms with van der Waals surface area (Å²) in [6, 6.07) is 4.94. The van der Waals surface area contributed by atoms with Crippen LogP contribution in [0.3, 0.4) is 0 Å². The molecule has 0 amide bonds. The summed E-state index contributed by atoms with van der Waals surface area (Å²) in [5.41, 5.74) is 0.593. The molecule has 0 N–H and O–H groups in total. The van der Waals surface area contributed by atoms with E-state index >= 15 is 0 Å². The van der Waals surface area contributed by atoms with Gasteiger partial charge in [-0.3, -0.25) is 0 Å². The Morgan fingerprint density at radius 3 is 2.84 bits per heavy atom. The lowest BCUT2D eigenvalue weighted by Gasteiger charge is -2.01. The fraction of sp³-hybridized carbons (Fsp3) is 0.231. The molecule has 19 heavy (non-hydrogen) atoms. The van der Waals surface area contributed by atoms with Gasteiger partial charge < -0.3 is 4.74 Å². The minimum Gasteiger partial charge on any atom is -0.454 e. The second-order valence-corrected chi connectivity index (χ2v) is 4.89. The van der Waals surface area contributed by atoms with Crippen molar-refractivity contribution in [1.29, 1.82) is 5.26 Å².